The van der Waals surface area contributed by atoms with E-state index in [1.54, 1.807) is 12.3 Å². The first kappa shape index (κ1) is 24.9. The van der Waals surface area contributed by atoms with Gasteiger partial charge in [-0.05, 0) is 0 Å². The number of aromatic carboxylic acids is 1. The Morgan fingerprint density at radius 1 is 1.17 bits per heavy atom. The van der Waals surface area contributed by atoms with Crippen LogP contribution in [0.1, 0.15) is 57.7 Å². The average molecular weight is 532 g/mol. The number of nitrogens with zero attached hydrogens (tertiary/aromatic N) is 2. The molecule has 8 heteroatoms. The summed E-state index contributed by atoms with van der Waals surface area (Å²) in [5.74, 6) is 0.272. The van der Waals surface area contributed by atoms with E-state index >= 15 is 0 Å². The van der Waals surface area contributed by atoms with Crippen molar-refractivity contribution in [1.29, 1.82) is 5.26 Å². The number of carboxylic acid groups (broad SMARTS) is 1. The Morgan fingerprint density at radius 3 is 2.57 bits per heavy atom. The van der Waals surface area contributed by atoms with E-state index in [9.17, 15) is 20.0 Å². The molecule has 0 spiro atoms. The molecule has 1 aromatic heterocycles. The second kappa shape index (κ2) is 11.5. The first-order valence-corrected chi connectivity index (χ1v) is 14.1. The molecule has 0 bridgehead atoms. The van der Waals surface area contributed by atoms with Gasteiger partial charge in [-0.3, -0.25) is 0 Å². The Morgan fingerprint density at radius 2 is 1.91 bits per heavy atom. The fraction of sp³-hybridized carbons (Fsp3) is 0.333. The van der Waals surface area contributed by atoms with Gasteiger partial charge in [0.05, 0.1) is 0 Å². The summed E-state index contributed by atoms with van der Waals surface area (Å²) in [6.07, 6.45) is 6.38. The summed E-state index contributed by atoms with van der Waals surface area (Å²) in [6.45, 7) is 0.696. The van der Waals surface area contributed by atoms with Crippen LogP contribution in [0.3, 0.4) is 0 Å². The van der Waals surface area contributed by atoms with Crippen molar-refractivity contribution in [2.75, 3.05) is 6.54 Å². The number of carbonyl (C=O) groups is 2. The standard InChI is InChI=1S/C27H29AsN4O3/c29-14-18-6-8-19(9-7-18)25(33)28-23(12-17-4-2-1-3-5-17)26-31-16-24(32-26)20-10-11-21(15-30)22(13-20)27(34)35/h1-5,10-11,13,16,18-19,23,28H,6-9,12,14,29H2,(H,31,32)(H,34,35)/t18?,19?,23-/m0/s1. The van der Waals surface area contributed by atoms with Gasteiger partial charge in [-0.1, -0.05) is 0 Å². The molecule has 0 radical (unpaired) electrons. The number of carbonyl (C=O) groups excluding carboxylic acids is 1. The van der Waals surface area contributed by atoms with Crippen molar-refractivity contribution in [2.24, 2.45) is 17.6 Å². The molecule has 35 heavy (non-hydrogen) atoms. The van der Waals surface area contributed by atoms with Crippen LogP contribution in [0.2, 0.25) is 0 Å². The maximum absolute atomic E-state index is 13.3. The Labute approximate surface area is 211 Å². The van der Waals surface area contributed by atoms with Crippen molar-refractivity contribution in [3.63, 3.8) is 0 Å². The summed E-state index contributed by atoms with van der Waals surface area (Å²) in [7, 11) is 0. The molecule has 2 aromatic carbocycles. The van der Waals surface area contributed by atoms with Gasteiger partial charge in [-0.15, -0.1) is 0 Å². The first-order chi connectivity index (χ1) is 17.0. The number of carboxylic acids is 1. The molecule has 1 heterocycles. The van der Waals surface area contributed by atoms with Crippen LogP contribution in [-0.4, -0.2) is 47.9 Å². The molecular formula is C27H29AsN4O3. The van der Waals surface area contributed by atoms with Crippen molar-refractivity contribution in [3.8, 4) is 17.3 Å². The number of aromatic amines is 1. The third-order valence-electron chi connectivity index (χ3n) is 6.74. The van der Waals surface area contributed by atoms with Crippen molar-refractivity contribution in [2.45, 2.75) is 36.8 Å². The second-order valence-electron chi connectivity index (χ2n) is 9.05. The Kier molecular flexibility index (Phi) is 8.17. The summed E-state index contributed by atoms with van der Waals surface area (Å²) in [4.78, 5) is 32.9. The predicted molar refractivity (Wildman–Crippen MR) is 135 cm³/mol. The minimum atomic E-state index is -1.15. The van der Waals surface area contributed by atoms with E-state index in [0.29, 0.717) is 28.3 Å². The van der Waals surface area contributed by atoms with Crippen LogP contribution < -0.4 is 5.73 Å². The Hall–Kier alpha value is -3.20. The molecule has 7 nitrogen and oxygen atoms in total. The molecule has 4 N–H and O–H groups in total. The molecule has 1 fully saturated rings. The third-order valence-corrected chi connectivity index (χ3v) is 9.93. The molecule has 3 aromatic rings. The number of nitriles is 1. The molecule has 0 saturated heterocycles. The van der Waals surface area contributed by atoms with Crippen LogP contribution in [0.15, 0.2) is 54.7 Å². The summed E-state index contributed by atoms with van der Waals surface area (Å²) in [5.41, 5.74) is 8.27. The number of imidazole rings is 1. The molecular weight excluding hydrogens is 503 g/mol. The summed E-state index contributed by atoms with van der Waals surface area (Å²) in [6, 6.07) is 16.7. The molecule has 1 saturated carbocycles. The van der Waals surface area contributed by atoms with E-state index < -0.39 is 21.7 Å². The predicted octanol–water partition coefficient (Wildman–Crippen LogP) is 3.66. The van der Waals surface area contributed by atoms with Gasteiger partial charge >= 0.3 is 212 Å². The quantitative estimate of drug-likeness (QED) is 0.361. The third kappa shape index (κ3) is 6.08. The van der Waals surface area contributed by atoms with Gasteiger partial charge in [0.25, 0.3) is 0 Å². The van der Waals surface area contributed by atoms with Gasteiger partial charge in [0, 0.05) is 0 Å². The summed E-state index contributed by atoms with van der Waals surface area (Å²) in [5, 5.41) is 18.7. The number of H-pyrrole nitrogens is 1. The zero-order valence-electron chi connectivity index (χ0n) is 19.4. The van der Waals surface area contributed by atoms with Crippen molar-refractivity contribution in [3.05, 3.63) is 77.2 Å². The van der Waals surface area contributed by atoms with Crippen molar-refractivity contribution in [1.82, 2.24) is 9.97 Å². The SMILES string of the molecule is N#Cc1ccc(-c2c[nH]c([C@H](Cc3ccccc3)[AsH]C(=O)C3CCC(CN)CC3)n2)cc1C(=O)O. The Balaban J connectivity index is 1.58. The van der Waals surface area contributed by atoms with Crippen LogP contribution in [0, 0.1) is 23.2 Å². The minimum absolute atomic E-state index is 0.00297. The molecule has 0 aliphatic heterocycles. The zero-order chi connectivity index (χ0) is 24.8. The van der Waals surface area contributed by atoms with Crippen molar-refractivity contribution < 1.29 is 14.7 Å². The normalized spacial score (nSPS) is 18.9. The number of nitrogens with two attached hydrogens (primary N) is 1. The van der Waals surface area contributed by atoms with E-state index in [2.05, 4.69) is 17.1 Å². The number of hydrogen-bond acceptors (Lipinski definition) is 5. The fourth-order valence-electron chi connectivity index (χ4n) is 4.66. The zero-order valence-corrected chi connectivity index (χ0v) is 21.5. The first-order valence-electron chi connectivity index (χ1n) is 11.9. The van der Waals surface area contributed by atoms with Crippen LogP contribution >= 0.6 is 0 Å². The molecule has 1 unspecified atom stereocenters. The van der Waals surface area contributed by atoms with Crippen LogP contribution in [0.5, 0.6) is 0 Å². The van der Waals surface area contributed by atoms with Gasteiger partial charge in [0.15, 0.2) is 0 Å². The second-order valence-corrected chi connectivity index (χ2v) is 12.2. The average Bonchev–Trinajstić information content (AvgIpc) is 3.39. The number of rotatable bonds is 9. The molecule has 0 amide bonds. The summed E-state index contributed by atoms with van der Waals surface area (Å²) < 4.78 is 0.397. The number of hydrogen-bond donors (Lipinski definition) is 3. The van der Waals surface area contributed by atoms with E-state index in [-0.39, 0.29) is 21.8 Å². The maximum atomic E-state index is 13.3. The monoisotopic (exact) mass is 532 g/mol. The van der Waals surface area contributed by atoms with Gasteiger partial charge in [0.2, 0.25) is 0 Å². The number of nitrogens with one attached hydrogen (secondary N) is 1. The molecule has 1 aliphatic carbocycles. The molecule has 2 atom stereocenters. The number of benzene rings is 2. The summed E-state index contributed by atoms with van der Waals surface area (Å²) >= 11 is -1.00. The molecule has 180 valence electrons. The fourth-order valence-corrected chi connectivity index (χ4v) is 7.78. The van der Waals surface area contributed by atoms with Gasteiger partial charge in [-0.2, -0.15) is 0 Å². The van der Waals surface area contributed by atoms with E-state index in [0.717, 1.165) is 43.5 Å². The van der Waals surface area contributed by atoms with Crippen LogP contribution in [0.25, 0.3) is 11.3 Å². The van der Waals surface area contributed by atoms with Crippen LogP contribution in [0.4, 0.5) is 0 Å². The van der Waals surface area contributed by atoms with Gasteiger partial charge in [0.1, 0.15) is 0 Å². The van der Waals surface area contributed by atoms with E-state index in [1.807, 2.05) is 24.3 Å². The van der Waals surface area contributed by atoms with Crippen LogP contribution in [-0.2, 0) is 11.2 Å². The topological polar surface area (TPSA) is 133 Å². The van der Waals surface area contributed by atoms with Crippen molar-refractivity contribution >= 4 is 26.3 Å². The number of aromatic nitrogens is 2. The Bertz CT molecular complexity index is 1230. The molecule has 4 rings (SSSR count). The van der Waals surface area contributed by atoms with Gasteiger partial charge < -0.3 is 0 Å². The van der Waals surface area contributed by atoms with E-state index in [1.165, 1.54) is 12.1 Å². The van der Waals surface area contributed by atoms with E-state index in [4.69, 9.17) is 10.7 Å². The van der Waals surface area contributed by atoms with Gasteiger partial charge in [-0.25, -0.2) is 0 Å². The molecule has 1 aliphatic rings.